The van der Waals surface area contributed by atoms with Gasteiger partial charge in [0.1, 0.15) is 11.3 Å². The van der Waals surface area contributed by atoms with Gasteiger partial charge in [0.2, 0.25) is 0 Å². The third-order valence-electron chi connectivity index (χ3n) is 5.88. The molecule has 0 spiro atoms. The van der Waals surface area contributed by atoms with Crippen LogP contribution in [0.2, 0.25) is 0 Å². The van der Waals surface area contributed by atoms with Crippen molar-refractivity contribution in [3.8, 4) is 0 Å². The van der Waals surface area contributed by atoms with Gasteiger partial charge in [-0.3, -0.25) is 4.98 Å². The van der Waals surface area contributed by atoms with Gasteiger partial charge < -0.3 is 9.30 Å². The minimum atomic E-state index is 0.641. The fourth-order valence-corrected chi connectivity index (χ4v) is 4.23. The van der Waals surface area contributed by atoms with Crippen LogP contribution in [-0.4, -0.2) is 21.1 Å². The molecule has 0 saturated carbocycles. The van der Waals surface area contributed by atoms with Crippen molar-refractivity contribution in [1.82, 2.24) is 14.5 Å². The summed E-state index contributed by atoms with van der Waals surface area (Å²) in [4.78, 5) is 9.60. The van der Waals surface area contributed by atoms with Crippen molar-refractivity contribution in [3.63, 3.8) is 0 Å². The van der Waals surface area contributed by atoms with Gasteiger partial charge in [0.25, 0.3) is 0 Å². The van der Waals surface area contributed by atoms with Gasteiger partial charge >= 0.3 is 0 Å². The zero-order chi connectivity index (χ0) is 21.3. The molecule has 0 aliphatic rings. The highest BCUT2D eigenvalue weighted by Gasteiger charge is 2.14. The van der Waals surface area contributed by atoms with E-state index >= 15 is 0 Å². The zero-order valence-corrected chi connectivity index (χ0v) is 18.6. The molecule has 2 aromatic heterocycles. The van der Waals surface area contributed by atoms with Gasteiger partial charge in [-0.25, -0.2) is 4.98 Å². The number of hydrogen-bond acceptors (Lipinski definition) is 3. The number of hydrogen-bond donors (Lipinski definition) is 0. The van der Waals surface area contributed by atoms with Gasteiger partial charge in [-0.2, -0.15) is 0 Å². The molecule has 0 saturated heterocycles. The second-order valence-corrected chi connectivity index (χ2v) is 8.24. The SMILES string of the molecule is CCCCCCCCc1nc2cnc3ccccc3c2n1CCOCc1ccccc1. The largest absolute Gasteiger partial charge is 0.375 e. The summed E-state index contributed by atoms with van der Waals surface area (Å²) >= 11 is 0. The Labute approximate surface area is 185 Å². The highest BCUT2D eigenvalue weighted by molar-refractivity contribution is 6.02. The molecule has 4 rings (SSSR count). The first-order chi connectivity index (χ1) is 15.4. The molecule has 0 aliphatic carbocycles. The van der Waals surface area contributed by atoms with E-state index in [1.54, 1.807) is 0 Å². The quantitative estimate of drug-likeness (QED) is 0.242. The topological polar surface area (TPSA) is 39.9 Å². The molecule has 0 unspecified atom stereocenters. The van der Waals surface area contributed by atoms with E-state index in [9.17, 15) is 0 Å². The van der Waals surface area contributed by atoms with E-state index in [-0.39, 0.29) is 0 Å². The molecule has 2 heterocycles. The summed E-state index contributed by atoms with van der Waals surface area (Å²) in [5, 5.41) is 1.17. The average molecular weight is 416 g/mol. The molecular formula is C27H33N3O. The number of pyridine rings is 1. The van der Waals surface area contributed by atoms with Gasteiger partial charge in [0.05, 0.1) is 30.4 Å². The van der Waals surface area contributed by atoms with Crippen LogP contribution in [0.4, 0.5) is 0 Å². The second kappa shape index (κ2) is 11.1. The van der Waals surface area contributed by atoms with Crippen LogP contribution < -0.4 is 0 Å². The maximum absolute atomic E-state index is 6.01. The van der Waals surface area contributed by atoms with Crippen molar-refractivity contribution < 1.29 is 4.74 Å². The average Bonchev–Trinajstić information content (AvgIpc) is 3.17. The number of imidazole rings is 1. The third kappa shape index (κ3) is 5.50. The van der Waals surface area contributed by atoms with Crippen molar-refractivity contribution in [1.29, 1.82) is 0 Å². The van der Waals surface area contributed by atoms with Crippen LogP contribution in [-0.2, 0) is 24.3 Å². The van der Waals surface area contributed by atoms with Crippen LogP contribution in [0.15, 0.2) is 60.8 Å². The van der Waals surface area contributed by atoms with E-state index in [4.69, 9.17) is 9.72 Å². The summed E-state index contributed by atoms with van der Waals surface area (Å²) in [6.45, 7) is 4.38. The smallest absolute Gasteiger partial charge is 0.110 e. The lowest BCUT2D eigenvalue weighted by atomic mass is 10.1. The Morgan fingerprint density at radius 1 is 0.839 bits per heavy atom. The molecular weight excluding hydrogens is 382 g/mol. The number of aryl methyl sites for hydroxylation is 1. The van der Waals surface area contributed by atoms with Gasteiger partial charge in [-0.05, 0) is 18.1 Å². The normalized spacial score (nSPS) is 11.5. The Bertz CT molecular complexity index is 1090. The third-order valence-corrected chi connectivity index (χ3v) is 5.88. The predicted octanol–water partition coefficient (Wildman–Crippen LogP) is 6.70. The van der Waals surface area contributed by atoms with Gasteiger partial charge in [0, 0.05) is 18.4 Å². The number of fused-ring (bicyclic) bond motifs is 3. The van der Waals surface area contributed by atoms with Crippen LogP contribution in [0.1, 0.15) is 56.8 Å². The van der Waals surface area contributed by atoms with Crippen LogP contribution in [0.25, 0.3) is 21.9 Å². The molecule has 2 aromatic carbocycles. The molecule has 0 atom stereocenters. The molecule has 0 radical (unpaired) electrons. The first kappa shape index (κ1) is 21.5. The van der Waals surface area contributed by atoms with Crippen molar-refractivity contribution in [2.45, 2.75) is 65.0 Å². The molecule has 162 valence electrons. The molecule has 4 nitrogen and oxygen atoms in total. The van der Waals surface area contributed by atoms with Crippen LogP contribution >= 0.6 is 0 Å². The summed E-state index contributed by atoms with van der Waals surface area (Å²) in [5.74, 6) is 1.16. The first-order valence-corrected chi connectivity index (χ1v) is 11.7. The number of para-hydroxylation sites is 1. The van der Waals surface area contributed by atoms with Crippen LogP contribution in [0.5, 0.6) is 0 Å². The van der Waals surface area contributed by atoms with E-state index in [0.29, 0.717) is 13.2 Å². The standard InChI is InChI=1S/C27H33N3O/c1-2-3-4-5-6-10-17-26-29-25-20-28-24-16-12-11-15-23(24)27(25)30(26)18-19-31-21-22-13-8-7-9-14-22/h7-9,11-16,20H,2-6,10,17-19,21H2,1H3. The van der Waals surface area contributed by atoms with Crippen molar-refractivity contribution in [3.05, 3.63) is 72.2 Å². The highest BCUT2D eigenvalue weighted by atomic mass is 16.5. The number of benzene rings is 2. The Kier molecular flexibility index (Phi) is 7.67. The maximum atomic E-state index is 6.01. The van der Waals surface area contributed by atoms with E-state index in [0.717, 1.165) is 29.8 Å². The lowest BCUT2D eigenvalue weighted by Gasteiger charge is -2.11. The molecule has 4 aromatic rings. The highest BCUT2D eigenvalue weighted by Crippen LogP contribution is 2.25. The summed E-state index contributed by atoms with van der Waals surface area (Å²) in [7, 11) is 0. The van der Waals surface area contributed by atoms with Crippen LogP contribution in [0, 0.1) is 0 Å². The van der Waals surface area contributed by atoms with Crippen molar-refractivity contribution >= 4 is 21.9 Å². The van der Waals surface area contributed by atoms with Gasteiger partial charge in [0.15, 0.2) is 0 Å². The molecule has 0 bridgehead atoms. The minimum Gasteiger partial charge on any atom is -0.375 e. The number of nitrogens with zero attached hydrogens (tertiary/aromatic N) is 3. The lowest BCUT2D eigenvalue weighted by Crippen LogP contribution is -2.10. The fraction of sp³-hybridized carbons (Fsp3) is 0.407. The summed E-state index contributed by atoms with van der Waals surface area (Å²) in [6, 6.07) is 18.7. The van der Waals surface area contributed by atoms with Crippen molar-refractivity contribution in [2.75, 3.05) is 6.61 Å². The van der Waals surface area contributed by atoms with E-state index < -0.39 is 0 Å². The van der Waals surface area contributed by atoms with Crippen molar-refractivity contribution in [2.24, 2.45) is 0 Å². The molecule has 0 aliphatic heterocycles. The Morgan fingerprint density at radius 2 is 1.61 bits per heavy atom. The molecule has 4 heteroatoms. The Balaban J connectivity index is 1.50. The number of ether oxygens (including phenoxy) is 1. The van der Waals surface area contributed by atoms with E-state index in [1.165, 1.54) is 55.0 Å². The number of rotatable bonds is 12. The molecule has 31 heavy (non-hydrogen) atoms. The van der Waals surface area contributed by atoms with Crippen LogP contribution in [0.3, 0.4) is 0 Å². The summed E-state index contributed by atoms with van der Waals surface area (Å²) in [6.07, 6.45) is 10.7. The fourth-order valence-electron chi connectivity index (χ4n) is 4.23. The number of unbranched alkanes of at least 4 members (excludes halogenated alkanes) is 5. The van der Waals surface area contributed by atoms with E-state index in [1.807, 2.05) is 18.3 Å². The molecule has 0 amide bonds. The summed E-state index contributed by atoms with van der Waals surface area (Å²) < 4.78 is 8.39. The minimum absolute atomic E-state index is 0.641. The second-order valence-electron chi connectivity index (χ2n) is 8.24. The predicted molar refractivity (Wildman–Crippen MR) is 128 cm³/mol. The Hall–Kier alpha value is -2.72. The maximum Gasteiger partial charge on any atom is 0.110 e. The Morgan fingerprint density at radius 3 is 2.48 bits per heavy atom. The summed E-state index contributed by atoms with van der Waals surface area (Å²) in [5.41, 5.74) is 4.41. The monoisotopic (exact) mass is 415 g/mol. The number of aromatic nitrogens is 3. The molecule has 0 N–H and O–H groups in total. The van der Waals surface area contributed by atoms with E-state index in [2.05, 4.69) is 58.9 Å². The lowest BCUT2D eigenvalue weighted by molar-refractivity contribution is 0.113. The molecule has 0 fully saturated rings. The first-order valence-electron chi connectivity index (χ1n) is 11.7. The zero-order valence-electron chi connectivity index (χ0n) is 18.6. The van der Waals surface area contributed by atoms with Gasteiger partial charge in [-0.1, -0.05) is 87.6 Å². The van der Waals surface area contributed by atoms with Gasteiger partial charge in [-0.15, -0.1) is 0 Å².